The summed E-state index contributed by atoms with van der Waals surface area (Å²) >= 11 is 8.01. The van der Waals surface area contributed by atoms with Crippen molar-refractivity contribution in [3.05, 3.63) is 49.0 Å². The second-order valence-corrected chi connectivity index (χ2v) is 5.70. The molecule has 0 bridgehead atoms. The van der Waals surface area contributed by atoms with E-state index in [0.29, 0.717) is 23.1 Å². The monoisotopic (exact) mass is 418 g/mol. The average Bonchev–Trinajstić information content (AvgIpc) is 2.42. The van der Waals surface area contributed by atoms with E-state index in [0.717, 1.165) is 3.57 Å². The maximum absolute atomic E-state index is 11.1. The molecule has 1 aromatic carbocycles. The van der Waals surface area contributed by atoms with Crippen LogP contribution in [0.2, 0.25) is 5.02 Å². The summed E-state index contributed by atoms with van der Waals surface area (Å²) < 4.78 is 0.852. The summed E-state index contributed by atoms with van der Waals surface area (Å²) in [5.41, 5.74) is 0.631. The van der Waals surface area contributed by atoms with Crippen molar-refractivity contribution in [2.45, 2.75) is 6.92 Å². The van der Waals surface area contributed by atoms with E-state index in [1.807, 2.05) is 6.92 Å². The SMILES string of the molecule is CCNc1ccc([N+](=O)[O-])c(Nc2ccc(Cl)cc2I)n1. The minimum absolute atomic E-state index is 0.0811. The Hall–Kier alpha value is -1.61. The van der Waals surface area contributed by atoms with Crippen LogP contribution in [0.5, 0.6) is 0 Å². The largest absolute Gasteiger partial charge is 0.370 e. The summed E-state index contributed by atoms with van der Waals surface area (Å²) in [5.74, 6) is 0.772. The fourth-order valence-corrected chi connectivity index (χ4v) is 2.70. The zero-order valence-electron chi connectivity index (χ0n) is 11.1. The maximum Gasteiger partial charge on any atom is 0.311 e. The van der Waals surface area contributed by atoms with Crippen LogP contribution in [0.3, 0.4) is 0 Å². The molecule has 0 unspecified atom stereocenters. The van der Waals surface area contributed by atoms with Crippen molar-refractivity contribution < 1.29 is 4.92 Å². The van der Waals surface area contributed by atoms with E-state index in [1.165, 1.54) is 6.07 Å². The first-order valence-electron chi connectivity index (χ1n) is 6.12. The van der Waals surface area contributed by atoms with Crippen LogP contribution in [0.25, 0.3) is 0 Å². The molecule has 2 rings (SSSR count). The van der Waals surface area contributed by atoms with Crippen molar-refractivity contribution in [1.29, 1.82) is 0 Å². The van der Waals surface area contributed by atoms with Gasteiger partial charge in [-0.05, 0) is 53.8 Å². The Bertz CT molecular complexity index is 681. The summed E-state index contributed by atoms with van der Waals surface area (Å²) in [5, 5.41) is 17.7. The molecular weight excluding hydrogens is 407 g/mol. The first kappa shape index (κ1) is 15.8. The molecule has 0 atom stereocenters. The lowest BCUT2D eigenvalue weighted by Gasteiger charge is -2.10. The van der Waals surface area contributed by atoms with Gasteiger partial charge in [-0.2, -0.15) is 0 Å². The van der Waals surface area contributed by atoms with Crippen LogP contribution in [-0.2, 0) is 0 Å². The predicted octanol–water partition coefficient (Wildman–Crippen LogP) is 4.42. The highest BCUT2D eigenvalue weighted by Crippen LogP contribution is 2.30. The lowest BCUT2D eigenvalue weighted by atomic mass is 10.3. The second-order valence-electron chi connectivity index (χ2n) is 4.10. The molecule has 1 heterocycles. The van der Waals surface area contributed by atoms with Gasteiger partial charge in [0, 0.05) is 21.2 Å². The van der Waals surface area contributed by atoms with Gasteiger partial charge in [0.2, 0.25) is 5.82 Å². The molecule has 6 nitrogen and oxygen atoms in total. The number of hydrogen-bond donors (Lipinski definition) is 2. The molecule has 0 aliphatic heterocycles. The quantitative estimate of drug-likeness (QED) is 0.427. The average molecular weight is 419 g/mol. The first-order valence-corrected chi connectivity index (χ1v) is 7.58. The Balaban J connectivity index is 2.40. The van der Waals surface area contributed by atoms with Crippen molar-refractivity contribution in [1.82, 2.24) is 4.98 Å². The Morgan fingerprint density at radius 2 is 2.14 bits per heavy atom. The highest BCUT2D eigenvalue weighted by Gasteiger charge is 2.17. The second kappa shape index (κ2) is 6.90. The molecule has 1 aromatic heterocycles. The summed E-state index contributed by atoms with van der Waals surface area (Å²) in [7, 11) is 0. The molecule has 0 aliphatic rings. The number of benzene rings is 1. The van der Waals surface area contributed by atoms with Crippen LogP contribution < -0.4 is 10.6 Å². The predicted molar refractivity (Wildman–Crippen MR) is 92.5 cm³/mol. The smallest absolute Gasteiger partial charge is 0.311 e. The third-order valence-corrected chi connectivity index (χ3v) is 3.74. The molecule has 0 saturated heterocycles. The number of hydrogen-bond acceptors (Lipinski definition) is 5. The van der Waals surface area contributed by atoms with E-state index in [4.69, 9.17) is 11.6 Å². The number of nitro groups is 1. The Morgan fingerprint density at radius 3 is 2.76 bits per heavy atom. The fraction of sp³-hybridized carbons (Fsp3) is 0.154. The van der Waals surface area contributed by atoms with E-state index in [-0.39, 0.29) is 11.5 Å². The molecular formula is C13H12ClIN4O2. The topological polar surface area (TPSA) is 80.1 Å². The first-order chi connectivity index (χ1) is 10.0. The molecule has 0 spiro atoms. The Labute approximate surface area is 140 Å². The normalized spacial score (nSPS) is 10.2. The fourth-order valence-electron chi connectivity index (χ4n) is 1.69. The van der Waals surface area contributed by atoms with Crippen molar-refractivity contribution >= 4 is 57.2 Å². The van der Waals surface area contributed by atoms with E-state index in [2.05, 4.69) is 38.2 Å². The lowest BCUT2D eigenvalue weighted by molar-refractivity contribution is -0.384. The van der Waals surface area contributed by atoms with Gasteiger partial charge >= 0.3 is 5.69 Å². The van der Waals surface area contributed by atoms with Gasteiger partial charge in [0.1, 0.15) is 5.82 Å². The third-order valence-electron chi connectivity index (χ3n) is 2.61. The summed E-state index contributed by atoms with van der Waals surface area (Å²) in [4.78, 5) is 14.9. The van der Waals surface area contributed by atoms with Crippen LogP contribution in [0.1, 0.15) is 6.92 Å². The summed E-state index contributed by atoms with van der Waals surface area (Å²) in [6.07, 6.45) is 0. The molecule has 0 aliphatic carbocycles. The van der Waals surface area contributed by atoms with Gasteiger partial charge in [-0.25, -0.2) is 4.98 Å². The Kier molecular flexibility index (Phi) is 5.18. The van der Waals surface area contributed by atoms with Crippen molar-refractivity contribution in [2.24, 2.45) is 0 Å². The molecule has 110 valence electrons. The highest BCUT2D eigenvalue weighted by atomic mass is 127. The molecule has 2 aromatic rings. The van der Waals surface area contributed by atoms with E-state index < -0.39 is 4.92 Å². The van der Waals surface area contributed by atoms with Gasteiger partial charge in [0.15, 0.2) is 0 Å². The minimum atomic E-state index is -0.464. The molecule has 8 heteroatoms. The van der Waals surface area contributed by atoms with Crippen molar-refractivity contribution in [3.63, 3.8) is 0 Å². The van der Waals surface area contributed by atoms with Crippen molar-refractivity contribution in [2.75, 3.05) is 17.2 Å². The standard InChI is InChI=1S/C13H12ClIN4O2/c1-2-16-12-6-5-11(19(20)21)13(18-12)17-10-4-3-8(14)7-9(10)15/h3-7H,2H2,1H3,(H2,16,17,18). The van der Waals surface area contributed by atoms with E-state index in [9.17, 15) is 10.1 Å². The van der Waals surface area contributed by atoms with Crippen LogP contribution >= 0.6 is 34.2 Å². The molecule has 0 amide bonds. The number of nitrogens with one attached hydrogen (secondary N) is 2. The van der Waals surface area contributed by atoms with Gasteiger partial charge in [-0.1, -0.05) is 11.6 Å². The van der Waals surface area contributed by atoms with Crippen LogP contribution in [-0.4, -0.2) is 16.5 Å². The number of anilines is 3. The zero-order valence-corrected chi connectivity index (χ0v) is 14.0. The van der Waals surface area contributed by atoms with Crippen molar-refractivity contribution in [3.8, 4) is 0 Å². The number of pyridine rings is 1. The van der Waals surface area contributed by atoms with Crippen LogP contribution in [0.4, 0.5) is 23.0 Å². The molecule has 0 radical (unpaired) electrons. The summed E-state index contributed by atoms with van der Waals surface area (Å²) in [6.45, 7) is 2.61. The number of aromatic nitrogens is 1. The van der Waals surface area contributed by atoms with Gasteiger partial charge in [-0.3, -0.25) is 10.1 Å². The van der Waals surface area contributed by atoms with E-state index >= 15 is 0 Å². The number of rotatable bonds is 5. The molecule has 21 heavy (non-hydrogen) atoms. The molecule has 0 fully saturated rings. The van der Waals surface area contributed by atoms with Gasteiger partial charge in [0.05, 0.1) is 10.6 Å². The van der Waals surface area contributed by atoms with Gasteiger partial charge in [-0.15, -0.1) is 0 Å². The zero-order chi connectivity index (χ0) is 15.4. The summed E-state index contributed by atoms with van der Waals surface area (Å²) in [6, 6.07) is 8.25. The van der Waals surface area contributed by atoms with Crippen LogP contribution in [0.15, 0.2) is 30.3 Å². The van der Waals surface area contributed by atoms with Gasteiger partial charge < -0.3 is 10.6 Å². The number of halogens is 2. The molecule has 2 N–H and O–H groups in total. The minimum Gasteiger partial charge on any atom is -0.370 e. The Morgan fingerprint density at radius 1 is 1.38 bits per heavy atom. The maximum atomic E-state index is 11.1. The molecule has 0 saturated carbocycles. The highest BCUT2D eigenvalue weighted by molar-refractivity contribution is 14.1. The van der Waals surface area contributed by atoms with E-state index in [1.54, 1.807) is 24.3 Å². The van der Waals surface area contributed by atoms with Crippen LogP contribution in [0, 0.1) is 13.7 Å². The number of nitrogens with zero attached hydrogens (tertiary/aromatic N) is 2. The lowest BCUT2D eigenvalue weighted by Crippen LogP contribution is -2.05. The van der Waals surface area contributed by atoms with Gasteiger partial charge in [0.25, 0.3) is 0 Å². The third kappa shape index (κ3) is 3.94.